The molecule has 3 aromatic rings. The van der Waals surface area contributed by atoms with E-state index < -0.39 is 6.04 Å². The van der Waals surface area contributed by atoms with Gasteiger partial charge < -0.3 is 14.8 Å². The van der Waals surface area contributed by atoms with E-state index in [-0.39, 0.29) is 12.1 Å². The molecule has 0 spiro atoms. The van der Waals surface area contributed by atoms with Gasteiger partial charge in [-0.25, -0.2) is 9.48 Å². The number of anilines is 1. The minimum absolute atomic E-state index is 0.249. The van der Waals surface area contributed by atoms with Crippen molar-refractivity contribution in [1.29, 1.82) is 0 Å². The van der Waals surface area contributed by atoms with Crippen LogP contribution in [0.15, 0.2) is 65.0 Å². The molecule has 4 rings (SSSR count). The van der Waals surface area contributed by atoms with Crippen LogP contribution >= 0.6 is 23.4 Å². The standard InChI is InChI=1S/C27H31ClN4O3S/c1-5-6-14-36-27-30-26-29-18(4)23(25(33)35-17(2)3)24(32(26)31-27)19-11-9-12-21(15-19)34-16-20-10-7-8-13-22(20)28/h7-13,15,17,24H,5-6,14,16H2,1-4H3,(H,29,30,31). The molecule has 2 heterocycles. The topological polar surface area (TPSA) is 78.3 Å². The smallest absolute Gasteiger partial charge is 0.338 e. The van der Waals surface area contributed by atoms with Crippen LogP contribution in [-0.4, -0.2) is 32.6 Å². The van der Waals surface area contributed by atoms with E-state index >= 15 is 0 Å². The monoisotopic (exact) mass is 526 g/mol. The number of hydrogen-bond donors (Lipinski definition) is 1. The molecule has 1 N–H and O–H groups in total. The number of fused-ring (bicyclic) bond motifs is 1. The molecule has 1 atom stereocenters. The molecule has 1 aliphatic rings. The summed E-state index contributed by atoms with van der Waals surface area (Å²) in [4.78, 5) is 17.9. The van der Waals surface area contributed by atoms with E-state index in [2.05, 4.69) is 17.2 Å². The Morgan fingerprint density at radius 1 is 1.22 bits per heavy atom. The van der Waals surface area contributed by atoms with Crippen molar-refractivity contribution in [1.82, 2.24) is 14.8 Å². The number of rotatable bonds is 10. The van der Waals surface area contributed by atoms with Gasteiger partial charge in [0.15, 0.2) is 0 Å². The molecule has 190 valence electrons. The van der Waals surface area contributed by atoms with E-state index in [1.165, 1.54) is 0 Å². The number of thioether (sulfide) groups is 1. The lowest BCUT2D eigenvalue weighted by molar-refractivity contribution is -0.143. The van der Waals surface area contributed by atoms with E-state index in [9.17, 15) is 4.79 Å². The van der Waals surface area contributed by atoms with Gasteiger partial charge >= 0.3 is 5.97 Å². The maximum absolute atomic E-state index is 13.2. The van der Waals surface area contributed by atoms with Crippen molar-refractivity contribution in [2.24, 2.45) is 0 Å². The zero-order chi connectivity index (χ0) is 25.7. The molecule has 1 aliphatic heterocycles. The van der Waals surface area contributed by atoms with E-state index in [1.807, 2.05) is 69.3 Å². The number of nitrogens with zero attached hydrogens (tertiary/aromatic N) is 3. The average molecular weight is 527 g/mol. The lowest BCUT2D eigenvalue weighted by atomic mass is 9.95. The first-order valence-electron chi connectivity index (χ1n) is 12.1. The first-order valence-corrected chi connectivity index (χ1v) is 13.5. The normalized spacial score (nSPS) is 15.0. The minimum Gasteiger partial charge on any atom is -0.489 e. The zero-order valence-electron chi connectivity index (χ0n) is 21.0. The predicted octanol–water partition coefficient (Wildman–Crippen LogP) is 6.64. The molecular weight excluding hydrogens is 496 g/mol. The van der Waals surface area contributed by atoms with Crippen LogP contribution in [0.1, 0.15) is 57.7 Å². The fraction of sp³-hybridized carbons (Fsp3) is 0.370. The Balaban J connectivity index is 1.68. The summed E-state index contributed by atoms with van der Waals surface area (Å²) in [5, 5.41) is 9.35. The van der Waals surface area contributed by atoms with Gasteiger partial charge in [-0.05, 0) is 51.0 Å². The summed E-state index contributed by atoms with van der Waals surface area (Å²) in [6, 6.07) is 14.8. The van der Waals surface area contributed by atoms with Crippen molar-refractivity contribution in [3.05, 3.63) is 76.0 Å². The maximum Gasteiger partial charge on any atom is 0.338 e. The van der Waals surface area contributed by atoms with Crippen molar-refractivity contribution >= 4 is 35.3 Å². The SMILES string of the molecule is CCCCSc1nc2n(n1)C(c1cccc(OCc3ccccc3Cl)c1)C(C(=O)OC(C)C)=C(C)N2. The van der Waals surface area contributed by atoms with Crippen LogP contribution in [0.2, 0.25) is 5.02 Å². The molecule has 0 bridgehead atoms. The second kappa shape index (κ2) is 11.8. The number of benzene rings is 2. The lowest BCUT2D eigenvalue weighted by Gasteiger charge is -2.28. The molecule has 2 aromatic carbocycles. The van der Waals surface area contributed by atoms with Gasteiger partial charge in [0.05, 0.1) is 11.7 Å². The van der Waals surface area contributed by atoms with Gasteiger partial charge in [-0.15, -0.1) is 5.10 Å². The fourth-order valence-electron chi connectivity index (χ4n) is 3.90. The molecule has 0 aliphatic carbocycles. The van der Waals surface area contributed by atoms with Gasteiger partial charge in [-0.2, -0.15) is 4.98 Å². The molecule has 0 radical (unpaired) electrons. The van der Waals surface area contributed by atoms with E-state index in [4.69, 9.17) is 26.2 Å². The fourth-order valence-corrected chi connectivity index (χ4v) is 5.00. The number of nitrogens with one attached hydrogen (secondary N) is 1. The first-order chi connectivity index (χ1) is 17.4. The van der Waals surface area contributed by atoms with Gasteiger partial charge in [-0.3, -0.25) is 0 Å². The second-order valence-corrected chi connectivity index (χ2v) is 10.3. The van der Waals surface area contributed by atoms with Gasteiger partial charge in [0.1, 0.15) is 18.4 Å². The van der Waals surface area contributed by atoms with Crippen LogP contribution in [-0.2, 0) is 16.1 Å². The lowest BCUT2D eigenvalue weighted by Crippen LogP contribution is -2.30. The Kier molecular flexibility index (Phi) is 8.59. The average Bonchev–Trinajstić information content (AvgIpc) is 3.24. The van der Waals surface area contributed by atoms with Gasteiger partial charge in [0.25, 0.3) is 0 Å². The Labute approximate surface area is 221 Å². The van der Waals surface area contributed by atoms with Crippen LogP contribution in [0.25, 0.3) is 0 Å². The summed E-state index contributed by atoms with van der Waals surface area (Å²) in [5.41, 5.74) is 2.93. The molecule has 1 aromatic heterocycles. The number of aromatic nitrogens is 3. The quantitative estimate of drug-likeness (QED) is 0.180. The maximum atomic E-state index is 13.2. The van der Waals surface area contributed by atoms with E-state index in [0.717, 1.165) is 29.7 Å². The van der Waals surface area contributed by atoms with Crippen LogP contribution in [0.4, 0.5) is 5.95 Å². The summed E-state index contributed by atoms with van der Waals surface area (Å²) >= 11 is 7.91. The number of carbonyl (C=O) groups excluding carboxylic acids is 1. The number of allylic oxidation sites excluding steroid dienone is 1. The van der Waals surface area contributed by atoms with Crippen LogP contribution < -0.4 is 10.1 Å². The largest absolute Gasteiger partial charge is 0.489 e. The summed E-state index contributed by atoms with van der Waals surface area (Å²) in [7, 11) is 0. The number of hydrogen-bond acceptors (Lipinski definition) is 7. The Hall–Kier alpha value is -2.97. The van der Waals surface area contributed by atoms with Crippen molar-refractivity contribution in [3.63, 3.8) is 0 Å². The van der Waals surface area contributed by atoms with Gasteiger partial charge in [0, 0.05) is 22.0 Å². The predicted molar refractivity (Wildman–Crippen MR) is 144 cm³/mol. The number of ether oxygens (including phenoxy) is 2. The molecule has 0 fully saturated rings. The summed E-state index contributed by atoms with van der Waals surface area (Å²) in [6.45, 7) is 8.03. The van der Waals surface area contributed by atoms with Crippen molar-refractivity contribution in [3.8, 4) is 5.75 Å². The molecule has 7 nitrogen and oxygen atoms in total. The van der Waals surface area contributed by atoms with E-state index in [0.29, 0.717) is 39.8 Å². The second-order valence-electron chi connectivity index (χ2n) is 8.84. The third-order valence-electron chi connectivity index (χ3n) is 5.65. The number of carbonyl (C=O) groups is 1. The molecule has 9 heteroatoms. The van der Waals surface area contributed by atoms with Crippen LogP contribution in [0.5, 0.6) is 5.75 Å². The van der Waals surface area contributed by atoms with Crippen LogP contribution in [0, 0.1) is 0 Å². The molecule has 0 saturated heterocycles. The number of halogens is 1. The van der Waals surface area contributed by atoms with Gasteiger partial charge in [0.2, 0.25) is 11.1 Å². The Morgan fingerprint density at radius 3 is 2.78 bits per heavy atom. The summed E-state index contributed by atoms with van der Waals surface area (Å²) in [5.74, 6) is 1.81. The zero-order valence-corrected chi connectivity index (χ0v) is 22.5. The highest BCUT2D eigenvalue weighted by Gasteiger charge is 2.35. The first kappa shape index (κ1) is 26.1. The van der Waals surface area contributed by atoms with Crippen LogP contribution in [0.3, 0.4) is 0 Å². The third-order valence-corrected chi connectivity index (χ3v) is 6.94. The third kappa shape index (κ3) is 6.05. The van der Waals surface area contributed by atoms with E-state index in [1.54, 1.807) is 16.4 Å². The molecule has 0 saturated carbocycles. The molecule has 0 amide bonds. The van der Waals surface area contributed by atoms with Crippen molar-refractivity contribution in [2.75, 3.05) is 11.1 Å². The Bertz CT molecular complexity index is 1260. The van der Waals surface area contributed by atoms with Crippen molar-refractivity contribution < 1.29 is 14.3 Å². The van der Waals surface area contributed by atoms with Crippen molar-refractivity contribution in [2.45, 2.75) is 64.4 Å². The Morgan fingerprint density at radius 2 is 2.03 bits per heavy atom. The minimum atomic E-state index is -0.510. The summed E-state index contributed by atoms with van der Waals surface area (Å²) < 4.78 is 13.5. The molecular formula is C27H31ClN4O3S. The highest BCUT2D eigenvalue weighted by Crippen LogP contribution is 2.38. The highest BCUT2D eigenvalue weighted by molar-refractivity contribution is 7.99. The molecule has 1 unspecified atom stereocenters. The summed E-state index contributed by atoms with van der Waals surface area (Å²) in [6.07, 6.45) is 1.94. The molecule has 36 heavy (non-hydrogen) atoms. The van der Waals surface area contributed by atoms with Gasteiger partial charge in [-0.1, -0.05) is 67.0 Å². The number of unbranched alkanes of at least 4 members (excludes halogenated alkanes) is 1. The highest BCUT2D eigenvalue weighted by atomic mass is 35.5. The number of esters is 1.